The number of hydrogen-bond donors (Lipinski definition) is 1. The molecule has 0 aliphatic heterocycles. The predicted molar refractivity (Wildman–Crippen MR) is 73.3 cm³/mol. The Hall–Kier alpha value is -2.56. The Morgan fingerprint density at radius 1 is 1.21 bits per heavy atom. The van der Waals surface area contributed by atoms with Crippen LogP contribution >= 0.6 is 0 Å². The molecule has 0 unspecified atom stereocenters. The van der Waals surface area contributed by atoms with Gasteiger partial charge in [0.1, 0.15) is 11.9 Å². The van der Waals surface area contributed by atoms with Gasteiger partial charge in [-0.2, -0.15) is 0 Å². The normalized spacial score (nSPS) is 10.6. The predicted octanol–water partition coefficient (Wildman–Crippen LogP) is 2.94. The van der Waals surface area contributed by atoms with Gasteiger partial charge in [0, 0.05) is 12.4 Å². The molecule has 19 heavy (non-hydrogen) atoms. The third-order valence-corrected chi connectivity index (χ3v) is 2.90. The van der Waals surface area contributed by atoms with Crippen LogP contribution in [0.4, 0.5) is 5.82 Å². The van der Waals surface area contributed by atoms with Crippen LogP contribution < -0.4 is 10.1 Å². The molecule has 3 rings (SSSR count). The topological polar surface area (TPSA) is 60.2 Å². The zero-order valence-electron chi connectivity index (χ0n) is 10.7. The molecule has 0 saturated heterocycles. The van der Waals surface area contributed by atoms with Gasteiger partial charge in [0.15, 0.2) is 23.0 Å². The number of anilines is 1. The first-order valence-electron chi connectivity index (χ1n) is 5.89. The van der Waals surface area contributed by atoms with Crippen LogP contribution in [0.15, 0.2) is 41.1 Å². The lowest BCUT2D eigenvalue weighted by Crippen LogP contribution is -2.00. The molecule has 0 atom stereocenters. The molecule has 0 aliphatic carbocycles. The van der Waals surface area contributed by atoms with Crippen LogP contribution in [0.5, 0.6) is 5.75 Å². The molecular formula is C14H13N3O2. The number of ether oxygens (including phenoxy) is 1. The maximum atomic E-state index is 5.80. The van der Waals surface area contributed by atoms with Gasteiger partial charge in [-0.05, 0) is 12.1 Å². The van der Waals surface area contributed by atoms with Crippen molar-refractivity contribution in [3.05, 3.63) is 36.7 Å². The Bertz CT molecular complexity index is 689. The number of rotatable bonds is 3. The molecule has 1 aromatic carbocycles. The highest BCUT2D eigenvalue weighted by Crippen LogP contribution is 2.35. The van der Waals surface area contributed by atoms with Crippen molar-refractivity contribution in [3.8, 4) is 17.2 Å². The number of furan rings is 1. The standard InChI is InChI=1S/C14H13N3O2/c1-15-14-13(18-2)12(16-8-17-14)11-7-9-5-3-4-6-10(9)19-11/h3-8H,1-2H3,(H,15,16,17). The zero-order valence-corrected chi connectivity index (χ0v) is 10.7. The number of para-hydroxylation sites is 1. The minimum Gasteiger partial charge on any atom is -0.491 e. The summed E-state index contributed by atoms with van der Waals surface area (Å²) in [6.07, 6.45) is 1.48. The highest BCUT2D eigenvalue weighted by atomic mass is 16.5. The van der Waals surface area contributed by atoms with Gasteiger partial charge < -0.3 is 14.5 Å². The summed E-state index contributed by atoms with van der Waals surface area (Å²) in [5.41, 5.74) is 1.46. The van der Waals surface area contributed by atoms with Gasteiger partial charge in [0.2, 0.25) is 0 Å². The molecule has 1 N–H and O–H groups in total. The lowest BCUT2D eigenvalue weighted by Gasteiger charge is -2.09. The van der Waals surface area contributed by atoms with Gasteiger partial charge in [-0.3, -0.25) is 0 Å². The van der Waals surface area contributed by atoms with Crippen molar-refractivity contribution in [2.75, 3.05) is 19.5 Å². The monoisotopic (exact) mass is 255 g/mol. The quantitative estimate of drug-likeness (QED) is 0.779. The number of benzene rings is 1. The van der Waals surface area contributed by atoms with Crippen LogP contribution in [-0.2, 0) is 0 Å². The summed E-state index contributed by atoms with van der Waals surface area (Å²) in [4.78, 5) is 8.37. The lowest BCUT2D eigenvalue weighted by atomic mass is 10.2. The van der Waals surface area contributed by atoms with Crippen molar-refractivity contribution >= 4 is 16.8 Å². The Morgan fingerprint density at radius 2 is 2.05 bits per heavy atom. The second-order valence-corrected chi connectivity index (χ2v) is 4.00. The number of fused-ring (bicyclic) bond motifs is 1. The van der Waals surface area contributed by atoms with E-state index in [0.717, 1.165) is 11.0 Å². The molecule has 2 heterocycles. The molecule has 3 aromatic rings. The highest BCUT2D eigenvalue weighted by molar-refractivity contribution is 5.84. The fourth-order valence-corrected chi connectivity index (χ4v) is 2.02. The lowest BCUT2D eigenvalue weighted by molar-refractivity contribution is 0.413. The van der Waals surface area contributed by atoms with Gasteiger partial charge in [0.05, 0.1) is 7.11 Å². The molecule has 5 nitrogen and oxygen atoms in total. The van der Waals surface area contributed by atoms with Crippen LogP contribution in [0.25, 0.3) is 22.4 Å². The van der Waals surface area contributed by atoms with Crippen LogP contribution in [0.3, 0.4) is 0 Å². The largest absolute Gasteiger partial charge is 0.491 e. The molecule has 5 heteroatoms. The third kappa shape index (κ3) is 1.89. The second-order valence-electron chi connectivity index (χ2n) is 4.00. The van der Waals surface area contributed by atoms with Crippen LogP contribution in [0, 0.1) is 0 Å². The molecule has 0 fully saturated rings. The van der Waals surface area contributed by atoms with E-state index in [1.165, 1.54) is 6.33 Å². The van der Waals surface area contributed by atoms with Crippen LogP contribution in [0.2, 0.25) is 0 Å². The van der Waals surface area contributed by atoms with E-state index in [9.17, 15) is 0 Å². The van der Waals surface area contributed by atoms with Crippen molar-refractivity contribution < 1.29 is 9.15 Å². The average molecular weight is 255 g/mol. The number of aromatic nitrogens is 2. The molecule has 2 aromatic heterocycles. The Morgan fingerprint density at radius 3 is 2.79 bits per heavy atom. The molecule has 0 radical (unpaired) electrons. The van der Waals surface area contributed by atoms with Crippen molar-refractivity contribution in [1.82, 2.24) is 9.97 Å². The van der Waals surface area contributed by atoms with E-state index < -0.39 is 0 Å². The van der Waals surface area contributed by atoms with E-state index in [0.29, 0.717) is 23.0 Å². The maximum absolute atomic E-state index is 5.80. The molecule has 96 valence electrons. The molecule has 0 bridgehead atoms. The highest BCUT2D eigenvalue weighted by Gasteiger charge is 2.16. The first-order chi connectivity index (χ1) is 9.33. The summed E-state index contributed by atoms with van der Waals surface area (Å²) < 4.78 is 11.2. The summed E-state index contributed by atoms with van der Waals surface area (Å²) in [7, 11) is 3.37. The minimum absolute atomic E-state index is 0.573. The number of hydrogen-bond acceptors (Lipinski definition) is 5. The smallest absolute Gasteiger partial charge is 0.190 e. The fraction of sp³-hybridized carbons (Fsp3) is 0.143. The van der Waals surface area contributed by atoms with E-state index >= 15 is 0 Å². The van der Waals surface area contributed by atoms with E-state index in [-0.39, 0.29) is 0 Å². The molecule has 0 spiro atoms. The van der Waals surface area contributed by atoms with E-state index in [2.05, 4.69) is 15.3 Å². The van der Waals surface area contributed by atoms with Gasteiger partial charge >= 0.3 is 0 Å². The van der Waals surface area contributed by atoms with E-state index in [1.54, 1.807) is 14.2 Å². The SMILES string of the molecule is CNc1ncnc(-c2cc3ccccc3o2)c1OC. The Kier molecular flexibility index (Phi) is 2.79. The van der Waals surface area contributed by atoms with E-state index in [1.807, 2.05) is 30.3 Å². The molecule has 0 saturated carbocycles. The Balaban J connectivity index is 2.20. The summed E-state index contributed by atoms with van der Waals surface area (Å²) in [6.45, 7) is 0. The van der Waals surface area contributed by atoms with Crippen molar-refractivity contribution in [3.63, 3.8) is 0 Å². The van der Waals surface area contributed by atoms with Gasteiger partial charge in [-0.25, -0.2) is 9.97 Å². The number of nitrogens with one attached hydrogen (secondary N) is 1. The first-order valence-corrected chi connectivity index (χ1v) is 5.89. The van der Waals surface area contributed by atoms with Gasteiger partial charge in [-0.15, -0.1) is 0 Å². The van der Waals surface area contributed by atoms with Crippen LogP contribution in [0.1, 0.15) is 0 Å². The Labute approximate surface area is 110 Å². The van der Waals surface area contributed by atoms with Crippen molar-refractivity contribution in [2.45, 2.75) is 0 Å². The molecule has 0 aliphatic rings. The summed E-state index contributed by atoms with van der Waals surface area (Å²) in [6, 6.07) is 9.77. The minimum atomic E-state index is 0.573. The van der Waals surface area contributed by atoms with Gasteiger partial charge in [-0.1, -0.05) is 18.2 Å². The first kappa shape index (κ1) is 11.5. The van der Waals surface area contributed by atoms with Crippen molar-refractivity contribution in [1.29, 1.82) is 0 Å². The molecule has 0 amide bonds. The van der Waals surface area contributed by atoms with Gasteiger partial charge in [0.25, 0.3) is 0 Å². The average Bonchev–Trinajstić information content (AvgIpc) is 2.89. The van der Waals surface area contributed by atoms with Crippen molar-refractivity contribution in [2.24, 2.45) is 0 Å². The summed E-state index contributed by atoms with van der Waals surface area (Å²) >= 11 is 0. The third-order valence-electron chi connectivity index (χ3n) is 2.90. The van der Waals surface area contributed by atoms with E-state index in [4.69, 9.17) is 9.15 Å². The summed E-state index contributed by atoms with van der Waals surface area (Å²) in [5, 5.41) is 4.00. The number of nitrogens with zero attached hydrogens (tertiary/aromatic N) is 2. The van der Waals surface area contributed by atoms with Crippen LogP contribution in [-0.4, -0.2) is 24.1 Å². The maximum Gasteiger partial charge on any atom is 0.190 e. The summed E-state index contributed by atoms with van der Waals surface area (Å²) in [5.74, 6) is 1.87. The number of methoxy groups -OCH3 is 1. The second kappa shape index (κ2) is 4.61. The molecular weight excluding hydrogens is 242 g/mol. The fourth-order valence-electron chi connectivity index (χ4n) is 2.02. The zero-order chi connectivity index (χ0) is 13.2.